The number of hydrogen-bond donors (Lipinski definition) is 2. The van der Waals surface area contributed by atoms with Crippen molar-refractivity contribution in [2.75, 3.05) is 6.54 Å². The third-order valence-electron chi connectivity index (χ3n) is 4.05. The Morgan fingerprint density at radius 3 is 2.95 bits per heavy atom. The molecule has 2 aromatic rings. The number of nitrogens with two attached hydrogens (primary N) is 1. The van der Waals surface area contributed by atoms with Crippen molar-refractivity contribution in [2.24, 2.45) is 11.7 Å². The monoisotopic (exact) mass is 259 g/mol. The molecule has 4 nitrogen and oxygen atoms in total. The van der Waals surface area contributed by atoms with E-state index in [2.05, 4.69) is 22.4 Å². The van der Waals surface area contributed by atoms with E-state index in [1.165, 1.54) is 37.6 Å². The van der Waals surface area contributed by atoms with E-state index < -0.39 is 0 Å². The maximum absolute atomic E-state index is 5.92. The maximum atomic E-state index is 5.92. The van der Waals surface area contributed by atoms with E-state index in [9.17, 15) is 0 Å². The van der Waals surface area contributed by atoms with Gasteiger partial charge in [0.15, 0.2) is 12.0 Å². The molecule has 0 unspecified atom stereocenters. The van der Waals surface area contributed by atoms with Crippen LogP contribution in [0.15, 0.2) is 29.0 Å². The molecular formula is C15H21N3O. The van der Waals surface area contributed by atoms with Crippen molar-refractivity contribution in [3.8, 4) is 0 Å². The first kappa shape index (κ1) is 12.6. The molecule has 1 heterocycles. The molecule has 1 aliphatic rings. The lowest BCUT2D eigenvalue weighted by Crippen LogP contribution is -2.31. The summed E-state index contributed by atoms with van der Waals surface area (Å²) in [5, 5.41) is 3.54. The summed E-state index contributed by atoms with van der Waals surface area (Å²) in [4.78, 5) is 4.12. The van der Waals surface area contributed by atoms with Gasteiger partial charge in [0.1, 0.15) is 5.52 Å². The zero-order valence-electron chi connectivity index (χ0n) is 11.1. The summed E-state index contributed by atoms with van der Waals surface area (Å²) in [5.74, 6) is 0.786. The van der Waals surface area contributed by atoms with Crippen LogP contribution in [-0.4, -0.2) is 17.6 Å². The topological polar surface area (TPSA) is 64.1 Å². The van der Waals surface area contributed by atoms with E-state index in [1.807, 2.05) is 6.07 Å². The van der Waals surface area contributed by atoms with Gasteiger partial charge in [-0.05, 0) is 55.8 Å². The molecule has 3 N–H and O–H groups in total. The smallest absolute Gasteiger partial charge is 0.181 e. The van der Waals surface area contributed by atoms with Gasteiger partial charge in [-0.3, -0.25) is 0 Å². The Labute approximate surface area is 113 Å². The first-order chi connectivity index (χ1) is 9.31. The van der Waals surface area contributed by atoms with E-state index in [0.29, 0.717) is 6.04 Å². The van der Waals surface area contributed by atoms with Crippen LogP contribution in [0.4, 0.5) is 0 Å². The Bertz CT molecular complexity index is 529. The van der Waals surface area contributed by atoms with Gasteiger partial charge in [0, 0.05) is 12.6 Å². The minimum atomic E-state index is 0.435. The molecule has 1 aliphatic carbocycles. The predicted octanol–water partition coefficient (Wildman–Crippen LogP) is 2.43. The van der Waals surface area contributed by atoms with E-state index in [0.717, 1.165) is 30.1 Å². The minimum Gasteiger partial charge on any atom is -0.443 e. The standard InChI is InChI=1S/C15H21N3O/c16-13-4-1-11(2-5-13)8-17-9-12-3-6-14-15(7-12)19-10-18-14/h3,6-7,10-11,13,17H,1-2,4-5,8-9,16H2. The Morgan fingerprint density at radius 2 is 2.11 bits per heavy atom. The summed E-state index contributed by atoms with van der Waals surface area (Å²) < 4.78 is 5.31. The van der Waals surface area contributed by atoms with Crippen LogP contribution in [0, 0.1) is 5.92 Å². The Balaban J connectivity index is 1.49. The highest BCUT2D eigenvalue weighted by molar-refractivity contribution is 5.72. The van der Waals surface area contributed by atoms with Gasteiger partial charge in [-0.2, -0.15) is 0 Å². The van der Waals surface area contributed by atoms with Crippen molar-refractivity contribution in [3.63, 3.8) is 0 Å². The second-order valence-electron chi connectivity index (χ2n) is 5.57. The summed E-state index contributed by atoms with van der Waals surface area (Å²) in [6, 6.07) is 6.61. The summed E-state index contributed by atoms with van der Waals surface area (Å²) in [5.41, 5.74) is 8.95. The zero-order valence-corrected chi connectivity index (χ0v) is 11.1. The highest BCUT2D eigenvalue weighted by atomic mass is 16.3. The molecule has 0 atom stereocenters. The highest BCUT2D eigenvalue weighted by Crippen LogP contribution is 2.22. The van der Waals surface area contributed by atoms with Crippen molar-refractivity contribution in [1.82, 2.24) is 10.3 Å². The lowest BCUT2D eigenvalue weighted by atomic mass is 9.86. The van der Waals surface area contributed by atoms with E-state index in [1.54, 1.807) is 0 Å². The molecule has 0 saturated heterocycles. The lowest BCUT2D eigenvalue weighted by Gasteiger charge is -2.26. The largest absolute Gasteiger partial charge is 0.443 e. The summed E-state index contributed by atoms with van der Waals surface area (Å²) in [6.45, 7) is 1.97. The average molecular weight is 259 g/mol. The lowest BCUT2D eigenvalue weighted by molar-refractivity contribution is 0.314. The number of fused-ring (bicyclic) bond motifs is 1. The first-order valence-electron chi connectivity index (χ1n) is 7.09. The molecule has 3 rings (SSSR count). The number of benzene rings is 1. The van der Waals surface area contributed by atoms with Crippen LogP contribution in [0.2, 0.25) is 0 Å². The van der Waals surface area contributed by atoms with Crippen molar-refractivity contribution >= 4 is 11.1 Å². The van der Waals surface area contributed by atoms with Gasteiger partial charge < -0.3 is 15.5 Å². The van der Waals surface area contributed by atoms with Crippen LogP contribution < -0.4 is 11.1 Å². The molecule has 0 amide bonds. The number of oxazole rings is 1. The predicted molar refractivity (Wildman–Crippen MR) is 75.6 cm³/mol. The molecular weight excluding hydrogens is 238 g/mol. The van der Waals surface area contributed by atoms with E-state index >= 15 is 0 Å². The van der Waals surface area contributed by atoms with Crippen molar-refractivity contribution in [1.29, 1.82) is 0 Å². The first-order valence-corrected chi connectivity index (χ1v) is 7.09. The molecule has 1 fully saturated rings. The van der Waals surface area contributed by atoms with Gasteiger partial charge >= 0.3 is 0 Å². The Kier molecular flexibility index (Phi) is 3.80. The molecule has 19 heavy (non-hydrogen) atoms. The van der Waals surface area contributed by atoms with Crippen LogP contribution in [0.25, 0.3) is 11.1 Å². The molecule has 0 aliphatic heterocycles. The van der Waals surface area contributed by atoms with Crippen molar-refractivity contribution in [3.05, 3.63) is 30.2 Å². The Hall–Kier alpha value is -1.39. The second-order valence-corrected chi connectivity index (χ2v) is 5.57. The molecule has 4 heteroatoms. The SMILES string of the molecule is NC1CCC(CNCc2ccc3ncoc3c2)CC1. The minimum absolute atomic E-state index is 0.435. The number of aromatic nitrogens is 1. The number of nitrogens with zero attached hydrogens (tertiary/aromatic N) is 1. The van der Waals surface area contributed by atoms with Crippen LogP contribution in [0.1, 0.15) is 31.2 Å². The summed E-state index contributed by atoms with van der Waals surface area (Å²) in [6.07, 6.45) is 6.37. The van der Waals surface area contributed by atoms with Crippen LogP contribution in [-0.2, 0) is 6.54 Å². The fourth-order valence-corrected chi connectivity index (χ4v) is 2.82. The van der Waals surface area contributed by atoms with Gasteiger partial charge in [0.05, 0.1) is 0 Å². The number of hydrogen-bond acceptors (Lipinski definition) is 4. The molecule has 102 valence electrons. The van der Waals surface area contributed by atoms with Crippen LogP contribution >= 0.6 is 0 Å². The van der Waals surface area contributed by atoms with Gasteiger partial charge in [-0.15, -0.1) is 0 Å². The zero-order chi connectivity index (χ0) is 13.1. The quantitative estimate of drug-likeness (QED) is 0.885. The molecule has 1 saturated carbocycles. The van der Waals surface area contributed by atoms with Gasteiger partial charge in [-0.1, -0.05) is 6.07 Å². The third-order valence-corrected chi connectivity index (χ3v) is 4.05. The van der Waals surface area contributed by atoms with Crippen LogP contribution in [0.5, 0.6) is 0 Å². The van der Waals surface area contributed by atoms with E-state index in [-0.39, 0.29) is 0 Å². The number of rotatable bonds is 4. The molecule has 1 aromatic carbocycles. The van der Waals surface area contributed by atoms with Gasteiger partial charge in [0.25, 0.3) is 0 Å². The summed E-state index contributed by atoms with van der Waals surface area (Å²) in [7, 11) is 0. The normalized spacial score (nSPS) is 23.8. The van der Waals surface area contributed by atoms with Crippen molar-refractivity contribution in [2.45, 2.75) is 38.3 Å². The fourth-order valence-electron chi connectivity index (χ4n) is 2.82. The third kappa shape index (κ3) is 3.14. The Morgan fingerprint density at radius 1 is 1.26 bits per heavy atom. The fraction of sp³-hybridized carbons (Fsp3) is 0.533. The molecule has 0 bridgehead atoms. The highest BCUT2D eigenvalue weighted by Gasteiger charge is 2.17. The molecule has 0 radical (unpaired) electrons. The number of nitrogens with one attached hydrogen (secondary N) is 1. The van der Waals surface area contributed by atoms with Gasteiger partial charge in [0.2, 0.25) is 0 Å². The van der Waals surface area contributed by atoms with E-state index in [4.69, 9.17) is 10.2 Å². The average Bonchev–Trinajstić information content (AvgIpc) is 2.88. The molecule has 1 aromatic heterocycles. The van der Waals surface area contributed by atoms with Crippen molar-refractivity contribution < 1.29 is 4.42 Å². The van der Waals surface area contributed by atoms with Gasteiger partial charge in [-0.25, -0.2) is 4.98 Å². The summed E-state index contributed by atoms with van der Waals surface area (Å²) >= 11 is 0. The molecule has 0 spiro atoms. The maximum Gasteiger partial charge on any atom is 0.181 e. The van der Waals surface area contributed by atoms with Crippen LogP contribution in [0.3, 0.4) is 0 Å². The second kappa shape index (κ2) is 5.72.